The van der Waals surface area contributed by atoms with Gasteiger partial charge in [-0.1, -0.05) is 12.1 Å². The number of guanidine groups is 1. The topological polar surface area (TPSA) is 56.7 Å². The van der Waals surface area contributed by atoms with Crippen LogP contribution in [0.2, 0.25) is 0 Å². The summed E-state index contributed by atoms with van der Waals surface area (Å²) in [5, 5.41) is 6.31. The van der Waals surface area contributed by atoms with Crippen LogP contribution in [0.15, 0.2) is 23.2 Å². The molecule has 2 N–H and O–H groups in total. The highest BCUT2D eigenvalue weighted by Crippen LogP contribution is 2.10. The normalized spacial score (nSPS) is 14.8. The molecule has 2 rings (SSSR count). The van der Waals surface area contributed by atoms with Crippen molar-refractivity contribution in [2.24, 2.45) is 4.99 Å². The van der Waals surface area contributed by atoms with Crippen molar-refractivity contribution in [2.45, 2.75) is 39.7 Å². The Morgan fingerprint density at radius 1 is 1.29 bits per heavy atom. The number of carbonyl (C=O) groups excluding carboxylic acids is 1. The first kappa shape index (κ1) is 18.2. The van der Waals surface area contributed by atoms with E-state index in [0.717, 1.165) is 38.0 Å². The van der Waals surface area contributed by atoms with Crippen LogP contribution in [-0.2, 0) is 11.3 Å². The molecule has 0 atom stereocenters. The van der Waals surface area contributed by atoms with Gasteiger partial charge in [-0.15, -0.1) is 0 Å². The van der Waals surface area contributed by atoms with Crippen molar-refractivity contribution >= 4 is 11.9 Å². The van der Waals surface area contributed by atoms with Crippen molar-refractivity contribution in [3.05, 3.63) is 35.1 Å². The Bertz CT molecular complexity index is 582. The lowest BCUT2D eigenvalue weighted by molar-refractivity contribution is -0.129. The number of amides is 1. The van der Waals surface area contributed by atoms with E-state index in [0.29, 0.717) is 31.0 Å². The van der Waals surface area contributed by atoms with Crippen LogP contribution in [0.3, 0.4) is 0 Å². The van der Waals surface area contributed by atoms with Crippen LogP contribution >= 0.6 is 0 Å². The highest BCUT2D eigenvalue weighted by atomic mass is 19.1. The summed E-state index contributed by atoms with van der Waals surface area (Å²) in [6, 6.07) is 5.15. The van der Waals surface area contributed by atoms with Crippen LogP contribution < -0.4 is 10.6 Å². The molecule has 1 aromatic rings. The molecular formula is C18H27FN4O. The number of nitrogens with one attached hydrogen (secondary N) is 2. The first-order valence-electron chi connectivity index (χ1n) is 8.65. The molecule has 1 fully saturated rings. The maximum atomic E-state index is 13.6. The number of likely N-dealkylation sites (tertiary alicyclic amines) is 1. The molecule has 1 amide bonds. The minimum atomic E-state index is -0.211. The van der Waals surface area contributed by atoms with Crippen LogP contribution in [-0.4, -0.2) is 42.9 Å². The van der Waals surface area contributed by atoms with Gasteiger partial charge in [-0.25, -0.2) is 9.38 Å². The Morgan fingerprint density at radius 3 is 2.71 bits per heavy atom. The molecule has 0 saturated carbocycles. The fourth-order valence-electron chi connectivity index (χ4n) is 2.66. The second kappa shape index (κ2) is 9.25. The number of hydrogen-bond acceptors (Lipinski definition) is 2. The predicted octanol–water partition coefficient (Wildman–Crippen LogP) is 2.20. The van der Waals surface area contributed by atoms with Crippen molar-refractivity contribution in [1.29, 1.82) is 0 Å². The lowest BCUT2D eigenvalue weighted by Crippen LogP contribution is -2.39. The van der Waals surface area contributed by atoms with Crippen molar-refractivity contribution < 1.29 is 9.18 Å². The van der Waals surface area contributed by atoms with Gasteiger partial charge in [-0.05, 0) is 43.9 Å². The standard InChI is InChI=1S/C18H27FN4O/c1-3-20-18(21-9-8-17(24)23-10-4-5-11-23)22-13-15-7-6-14(2)16(19)12-15/h6-7,12H,3-5,8-11,13H2,1-2H3,(H2,20,21,22). The Balaban J connectivity index is 1.83. The summed E-state index contributed by atoms with van der Waals surface area (Å²) in [5.74, 6) is 0.626. The third-order valence-electron chi connectivity index (χ3n) is 4.09. The maximum absolute atomic E-state index is 13.6. The van der Waals surface area contributed by atoms with Gasteiger partial charge in [0.2, 0.25) is 5.91 Å². The zero-order valence-corrected chi connectivity index (χ0v) is 14.6. The maximum Gasteiger partial charge on any atom is 0.224 e. The van der Waals surface area contributed by atoms with Crippen molar-refractivity contribution in [1.82, 2.24) is 15.5 Å². The summed E-state index contributed by atoms with van der Waals surface area (Å²) < 4.78 is 13.6. The van der Waals surface area contributed by atoms with Gasteiger partial charge in [0, 0.05) is 32.6 Å². The molecule has 1 aliphatic rings. The predicted molar refractivity (Wildman–Crippen MR) is 94.4 cm³/mol. The number of nitrogens with zero attached hydrogens (tertiary/aromatic N) is 2. The monoisotopic (exact) mass is 334 g/mol. The van der Waals surface area contributed by atoms with E-state index < -0.39 is 0 Å². The fourth-order valence-corrected chi connectivity index (χ4v) is 2.66. The van der Waals surface area contributed by atoms with E-state index >= 15 is 0 Å². The molecule has 0 aromatic heterocycles. The molecule has 1 aliphatic heterocycles. The van der Waals surface area contributed by atoms with Crippen LogP contribution in [0.4, 0.5) is 4.39 Å². The number of halogens is 1. The molecule has 132 valence electrons. The summed E-state index contributed by atoms with van der Waals surface area (Å²) in [7, 11) is 0. The average molecular weight is 334 g/mol. The lowest BCUT2D eigenvalue weighted by atomic mass is 10.1. The Hall–Kier alpha value is -2.11. The fraction of sp³-hybridized carbons (Fsp3) is 0.556. The molecular weight excluding hydrogens is 307 g/mol. The molecule has 1 heterocycles. The molecule has 0 aliphatic carbocycles. The van der Waals surface area contributed by atoms with Gasteiger partial charge < -0.3 is 15.5 Å². The van der Waals surface area contributed by atoms with Crippen molar-refractivity contribution in [3.8, 4) is 0 Å². The number of aryl methyl sites for hydroxylation is 1. The third-order valence-corrected chi connectivity index (χ3v) is 4.09. The van der Waals surface area contributed by atoms with E-state index in [1.807, 2.05) is 17.9 Å². The number of aliphatic imine (C=N–C) groups is 1. The number of carbonyl (C=O) groups is 1. The highest BCUT2D eigenvalue weighted by molar-refractivity contribution is 5.81. The minimum Gasteiger partial charge on any atom is -0.357 e. The van der Waals surface area contributed by atoms with Gasteiger partial charge >= 0.3 is 0 Å². The van der Waals surface area contributed by atoms with Crippen molar-refractivity contribution in [2.75, 3.05) is 26.2 Å². The molecule has 24 heavy (non-hydrogen) atoms. The van der Waals surface area contributed by atoms with E-state index in [1.165, 1.54) is 6.07 Å². The summed E-state index contributed by atoms with van der Waals surface area (Å²) in [6.07, 6.45) is 2.68. The molecule has 0 bridgehead atoms. The Kier molecular flexibility index (Phi) is 7.03. The summed E-state index contributed by atoms with van der Waals surface area (Å²) in [4.78, 5) is 18.4. The molecule has 1 aromatic carbocycles. The SMILES string of the molecule is CCNC(=NCc1ccc(C)c(F)c1)NCCC(=O)N1CCCC1. The van der Waals surface area contributed by atoms with Crippen molar-refractivity contribution in [3.63, 3.8) is 0 Å². The first-order valence-corrected chi connectivity index (χ1v) is 8.65. The molecule has 0 unspecified atom stereocenters. The smallest absolute Gasteiger partial charge is 0.224 e. The number of benzene rings is 1. The minimum absolute atomic E-state index is 0.191. The van der Waals surface area contributed by atoms with E-state index in [4.69, 9.17) is 0 Å². The van der Waals surface area contributed by atoms with Gasteiger partial charge in [0.1, 0.15) is 5.82 Å². The van der Waals surface area contributed by atoms with Gasteiger partial charge in [-0.2, -0.15) is 0 Å². The Labute approximate surface area is 143 Å². The average Bonchev–Trinajstić information content (AvgIpc) is 3.10. The summed E-state index contributed by atoms with van der Waals surface area (Å²) in [5.41, 5.74) is 1.46. The second-order valence-electron chi connectivity index (χ2n) is 6.04. The molecule has 5 nitrogen and oxygen atoms in total. The zero-order valence-electron chi connectivity index (χ0n) is 14.6. The van der Waals surface area contributed by atoms with E-state index in [1.54, 1.807) is 13.0 Å². The van der Waals surface area contributed by atoms with Crippen LogP contribution in [0.1, 0.15) is 37.3 Å². The van der Waals surface area contributed by atoms with Gasteiger partial charge in [0.25, 0.3) is 0 Å². The quantitative estimate of drug-likeness (QED) is 0.619. The highest BCUT2D eigenvalue weighted by Gasteiger charge is 2.17. The molecule has 0 spiro atoms. The van der Waals surface area contributed by atoms with E-state index in [-0.39, 0.29) is 11.7 Å². The van der Waals surface area contributed by atoms with E-state index in [9.17, 15) is 9.18 Å². The summed E-state index contributed by atoms with van der Waals surface area (Å²) in [6.45, 7) is 7.16. The van der Waals surface area contributed by atoms with Crippen LogP contribution in [0.25, 0.3) is 0 Å². The summed E-state index contributed by atoms with van der Waals surface area (Å²) >= 11 is 0. The molecule has 6 heteroatoms. The lowest BCUT2D eigenvalue weighted by Gasteiger charge is -2.16. The molecule has 1 saturated heterocycles. The first-order chi connectivity index (χ1) is 11.6. The van der Waals surface area contributed by atoms with Crippen LogP contribution in [0, 0.1) is 12.7 Å². The van der Waals surface area contributed by atoms with Gasteiger partial charge in [0.15, 0.2) is 5.96 Å². The van der Waals surface area contributed by atoms with Gasteiger partial charge in [0.05, 0.1) is 6.54 Å². The third kappa shape index (κ3) is 5.51. The zero-order chi connectivity index (χ0) is 17.4. The second-order valence-corrected chi connectivity index (χ2v) is 6.04. The van der Waals surface area contributed by atoms with Crippen LogP contribution in [0.5, 0.6) is 0 Å². The Morgan fingerprint density at radius 2 is 2.04 bits per heavy atom. The number of hydrogen-bond donors (Lipinski definition) is 2. The molecule has 0 radical (unpaired) electrons. The van der Waals surface area contributed by atoms with Gasteiger partial charge in [-0.3, -0.25) is 4.79 Å². The van der Waals surface area contributed by atoms with E-state index in [2.05, 4.69) is 15.6 Å². The number of rotatable bonds is 6. The largest absolute Gasteiger partial charge is 0.357 e.